The van der Waals surface area contributed by atoms with E-state index in [0.29, 0.717) is 16.7 Å². The number of sulfonamides is 1. The van der Waals surface area contributed by atoms with Gasteiger partial charge in [-0.1, -0.05) is 27.5 Å². The summed E-state index contributed by atoms with van der Waals surface area (Å²) in [5.41, 5.74) is -0.211. The van der Waals surface area contributed by atoms with Crippen LogP contribution in [0, 0.1) is 6.92 Å². The zero-order valence-electron chi connectivity index (χ0n) is 11.6. The molecule has 0 aromatic heterocycles. The molecule has 0 unspecified atom stereocenters. The number of anilines is 1. The van der Waals surface area contributed by atoms with Crippen LogP contribution in [0.1, 0.15) is 11.1 Å². The fourth-order valence-electron chi connectivity index (χ4n) is 1.80. The maximum absolute atomic E-state index is 12.8. The highest BCUT2D eigenvalue weighted by molar-refractivity contribution is 9.10. The Kier molecular flexibility index (Phi) is 4.98. The maximum Gasteiger partial charge on any atom is 0.416 e. The molecule has 0 spiro atoms. The Morgan fingerprint density at radius 3 is 2.35 bits per heavy atom. The van der Waals surface area contributed by atoms with Crippen molar-refractivity contribution in [1.29, 1.82) is 0 Å². The van der Waals surface area contributed by atoms with Gasteiger partial charge in [0.1, 0.15) is 0 Å². The van der Waals surface area contributed by atoms with Crippen LogP contribution in [0.25, 0.3) is 0 Å². The van der Waals surface area contributed by atoms with Crippen LogP contribution in [0.15, 0.2) is 45.8 Å². The van der Waals surface area contributed by atoms with Crippen LogP contribution in [0.4, 0.5) is 18.9 Å². The first-order chi connectivity index (χ1) is 10.5. The molecule has 0 fully saturated rings. The average Bonchev–Trinajstić information content (AvgIpc) is 2.41. The van der Waals surface area contributed by atoms with E-state index in [1.54, 1.807) is 6.92 Å². The molecule has 0 radical (unpaired) electrons. The number of benzene rings is 2. The second-order valence-electron chi connectivity index (χ2n) is 4.74. The molecule has 9 heteroatoms. The first kappa shape index (κ1) is 18.1. The van der Waals surface area contributed by atoms with E-state index in [4.69, 9.17) is 11.6 Å². The summed E-state index contributed by atoms with van der Waals surface area (Å²) in [7, 11) is -4.17. The number of halogens is 5. The Morgan fingerprint density at radius 2 is 1.78 bits per heavy atom. The van der Waals surface area contributed by atoms with Crippen LogP contribution < -0.4 is 4.72 Å². The van der Waals surface area contributed by atoms with Crippen LogP contribution in [0.5, 0.6) is 0 Å². The number of alkyl halides is 3. The first-order valence-electron chi connectivity index (χ1n) is 6.16. The second kappa shape index (κ2) is 6.33. The molecule has 1 N–H and O–H groups in total. The van der Waals surface area contributed by atoms with Gasteiger partial charge in [-0.3, -0.25) is 4.72 Å². The fraction of sp³-hybridized carbons (Fsp3) is 0.143. The summed E-state index contributed by atoms with van der Waals surface area (Å²) in [6.45, 7) is 1.68. The molecule has 3 nitrogen and oxygen atoms in total. The summed E-state index contributed by atoms with van der Waals surface area (Å²) in [5.74, 6) is 0. The highest BCUT2D eigenvalue weighted by Crippen LogP contribution is 2.33. The largest absolute Gasteiger partial charge is 0.416 e. The van der Waals surface area contributed by atoms with Gasteiger partial charge in [-0.25, -0.2) is 8.42 Å². The summed E-state index contributed by atoms with van der Waals surface area (Å²) in [6.07, 6.45) is -4.65. The fourth-order valence-corrected chi connectivity index (χ4v) is 3.69. The Bertz CT molecular complexity index is 854. The van der Waals surface area contributed by atoms with Crippen LogP contribution in [0.2, 0.25) is 5.02 Å². The molecule has 0 saturated heterocycles. The number of rotatable bonds is 3. The molecule has 2 aromatic rings. The molecule has 2 rings (SSSR count). The predicted octanol–water partition coefficient (Wildman–Crippen LogP) is 5.23. The van der Waals surface area contributed by atoms with Crippen molar-refractivity contribution >= 4 is 43.2 Å². The Labute approximate surface area is 144 Å². The molecule has 0 aliphatic carbocycles. The molecule has 0 saturated carbocycles. The number of hydrogen-bond acceptors (Lipinski definition) is 2. The smallest absolute Gasteiger partial charge is 0.280 e. The molecule has 23 heavy (non-hydrogen) atoms. The molecule has 0 amide bonds. The van der Waals surface area contributed by atoms with Crippen molar-refractivity contribution in [3.8, 4) is 0 Å². The molecule has 124 valence electrons. The van der Waals surface area contributed by atoms with E-state index in [9.17, 15) is 21.6 Å². The molecular formula is C14H10BrClF3NO2S. The lowest BCUT2D eigenvalue weighted by molar-refractivity contribution is -0.137. The lowest BCUT2D eigenvalue weighted by atomic mass is 10.2. The molecule has 0 aliphatic heterocycles. The molecule has 0 heterocycles. The normalized spacial score (nSPS) is 12.3. The van der Waals surface area contributed by atoms with Gasteiger partial charge in [-0.15, -0.1) is 0 Å². The van der Waals surface area contributed by atoms with Gasteiger partial charge >= 0.3 is 6.18 Å². The van der Waals surface area contributed by atoms with Gasteiger partial charge in [-0.05, 0) is 48.9 Å². The molecular weight excluding hydrogens is 419 g/mol. The van der Waals surface area contributed by atoms with E-state index in [-0.39, 0.29) is 10.2 Å². The monoisotopic (exact) mass is 427 g/mol. The molecule has 0 aliphatic rings. The van der Waals surface area contributed by atoms with Crippen molar-refractivity contribution in [1.82, 2.24) is 0 Å². The van der Waals surface area contributed by atoms with E-state index in [0.717, 1.165) is 12.1 Å². The van der Waals surface area contributed by atoms with Gasteiger partial charge in [0.05, 0.1) is 10.5 Å². The third-order valence-electron chi connectivity index (χ3n) is 2.92. The minimum absolute atomic E-state index is 0.0139. The van der Waals surface area contributed by atoms with E-state index < -0.39 is 26.7 Å². The Balaban J connectivity index is 2.43. The zero-order chi connectivity index (χ0) is 17.4. The molecule has 0 atom stereocenters. The third-order valence-corrected chi connectivity index (χ3v) is 5.16. The SMILES string of the molecule is Cc1cc(NS(=O)(=O)c2cc(Br)cc(C(F)(F)F)c2)ccc1Cl. The second-order valence-corrected chi connectivity index (χ2v) is 7.75. The van der Waals surface area contributed by atoms with Crippen molar-refractivity contribution in [2.45, 2.75) is 18.0 Å². The highest BCUT2D eigenvalue weighted by Gasteiger charge is 2.32. The van der Waals surface area contributed by atoms with Gasteiger partial charge < -0.3 is 0 Å². The summed E-state index contributed by atoms with van der Waals surface area (Å²) in [4.78, 5) is -0.494. The highest BCUT2D eigenvalue weighted by atomic mass is 79.9. The number of aryl methyl sites for hydroxylation is 1. The minimum atomic E-state index is -4.65. The topological polar surface area (TPSA) is 46.2 Å². The van der Waals surface area contributed by atoms with Gasteiger partial charge in [0.25, 0.3) is 10.0 Å². The van der Waals surface area contributed by atoms with Crippen molar-refractivity contribution in [3.05, 3.63) is 57.0 Å². The van der Waals surface area contributed by atoms with Crippen LogP contribution in [-0.2, 0) is 16.2 Å². The lowest BCUT2D eigenvalue weighted by Gasteiger charge is -2.12. The van der Waals surface area contributed by atoms with Crippen molar-refractivity contribution in [3.63, 3.8) is 0 Å². The summed E-state index contributed by atoms with van der Waals surface area (Å²) in [6, 6.07) is 6.90. The number of nitrogens with one attached hydrogen (secondary N) is 1. The van der Waals surface area contributed by atoms with Crippen molar-refractivity contribution in [2.75, 3.05) is 4.72 Å². The average molecular weight is 429 g/mol. The predicted molar refractivity (Wildman–Crippen MR) is 86.1 cm³/mol. The number of hydrogen-bond donors (Lipinski definition) is 1. The lowest BCUT2D eigenvalue weighted by Crippen LogP contribution is -2.15. The molecule has 2 aromatic carbocycles. The van der Waals surface area contributed by atoms with Crippen molar-refractivity contribution < 1.29 is 21.6 Å². The quantitative estimate of drug-likeness (QED) is 0.727. The van der Waals surface area contributed by atoms with Gasteiger partial charge in [-0.2, -0.15) is 13.2 Å². The van der Waals surface area contributed by atoms with E-state index in [2.05, 4.69) is 20.7 Å². The third kappa shape index (κ3) is 4.39. The van der Waals surface area contributed by atoms with Crippen LogP contribution in [-0.4, -0.2) is 8.42 Å². The Hall–Kier alpha value is -1.25. The standard InChI is InChI=1S/C14H10BrClF3NO2S/c1-8-4-11(2-3-13(8)16)20-23(21,22)12-6-9(14(17,18)19)5-10(15)7-12/h2-7,20H,1H3. The van der Waals surface area contributed by atoms with E-state index in [1.165, 1.54) is 18.2 Å². The van der Waals surface area contributed by atoms with Crippen LogP contribution in [0.3, 0.4) is 0 Å². The van der Waals surface area contributed by atoms with Gasteiger partial charge in [0.2, 0.25) is 0 Å². The van der Waals surface area contributed by atoms with E-state index >= 15 is 0 Å². The summed E-state index contributed by atoms with van der Waals surface area (Å²) >= 11 is 8.75. The zero-order valence-corrected chi connectivity index (χ0v) is 14.7. The molecule has 0 bridgehead atoms. The summed E-state index contributed by atoms with van der Waals surface area (Å²) < 4.78 is 65.3. The first-order valence-corrected chi connectivity index (χ1v) is 8.81. The van der Waals surface area contributed by atoms with E-state index in [1.807, 2.05) is 0 Å². The summed E-state index contributed by atoms with van der Waals surface area (Å²) in [5, 5.41) is 0.453. The Morgan fingerprint density at radius 1 is 1.13 bits per heavy atom. The van der Waals surface area contributed by atoms with Gasteiger partial charge in [0.15, 0.2) is 0 Å². The van der Waals surface area contributed by atoms with Crippen LogP contribution >= 0.6 is 27.5 Å². The van der Waals surface area contributed by atoms with Gasteiger partial charge in [0, 0.05) is 15.2 Å². The maximum atomic E-state index is 12.8. The van der Waals surface area contributed by atoms with Crippen molar-refractivity contribution in [2.24, 2.45) is 0 Å². The minimum Gasteiger partial charge on any atom is -0.280 e.